The van der Waals surface area contributed by atoms with E-state index in [1.54, 1.807) is 0 Å². The smallest absolute Gasteiger partial charge is 0.122 e. The Morgan fingerprint density at radius 3 is 2.25 bits per heavy atom. The normalized spacial score (nSPS) is 11.2. The molecule has 0 atom stereocenters. The van der Waals surface area contributed by atoms with Crippen LogP contribution in [0.4, 0.5) is 0 Å². The van der Waals surface area contributed by atoms with Gasteiger partial charge in [-0.15, -0.1) is 0 Å². The van der Waals surface area contributed by atoms with Crippen LogP contribution in [0.3, 0.4) is 0 Å². The highest BCUT2D eigenvalue weighted by Gasteiger charge is 1.62. The van der Waals surface area contributed by atoms with E-state index in [1.807, 2.05) is 0 Å². The molecule has 0 amide bonds. The second kappa shape index (κ2) is 3.72. The van der Waals surface area contributed by atoms with Crippen molar-refractivity contribution < 1.29 is 0 Å². The van der Waals surface area contributed by atoms with Crippen LogP contribution in [-0.4, -0.2) is 19.1 Å². The van der Waals surface area contributed by atoms with Crippen LogP contribution in [0.5, 0.6) is 0 Å². The zero-order valence-corrected chi connectivity index (χ0v) is 6.96. The van der Waals surface area contributed by atoms with E-state index in [-0.39, 0.29) is 8.83 Å². The molecule has 4 heavy (non-hydrogen) atoms. The first-order valence-corrected chi connectivity index (χ1v) is 6.03. The second-order valence-electron chi connectivity index (χ2n) is 0.689. The monoisotopic (exact) mass is 110 g/mol. The number of rotatable bonds is 1. The van der Waals surface area contributed by atoms with Gasteiger partial charge in [0.05, 0.1) is 0 Å². The summed E-state index contributed by atoms with van der Waals surface area (Å²) in [6, 6.07) is 0. The van der Waals surface area contributed by atoms with Crippen molar-refractivity contribution in [2.45, 2.75) is 5.67 Å². The molecule has 0 N–H and O–H groups in total. The van der Waals surface area contributed by atoms with Crippen molar-refractivity contribution in [2.75, 3.05) is 0 Å². The third-order valence-corrected chi connectivity index (χ3v) is 5.10. The lowest BCUT2D eigenvalue weighted by atomic mass is 11.9. The number of hydrogen-bond donors (Lipinski definition) is 0. The molecular weight excluding hydrogens is 104 g/mol. The molecule has 0 aromatic carbocycles. The largest absolute Gasteiger partial charge is 0.176 e. The maximum absolute atomic E-state index is 5.36. The maximum atomic E-state index is 5.36. The molecule has 0 rings (SSSR count). The summed E-state index contributed by atoms with van der Waals surface area (Å²) >= 11 is 5.36. The minimum atomic E-state index is -0.0417. The molecule has 0 aliphatic heterocycles. The lowest BCUT2D eigenvalue weighted by Crippen LogP contribution is -1.68. The number of halogens is 1. The van der Waals surface area contributed by atoms with Crippen molar-refractivity contribution in [3.8, 4) is 0 Å². The number of hydrogen-bond acceptors (Lipinski definition) is 0. The van der Waals surface area contributed by atoms with E-state index in [9.17, 15) is 0 Å². The lowest BCUT2D eigenvalue weighted by Gasteiger charge is -1.62. The highest BCUT2D eigenvalue weighted by molar-refractivity contribution is 6.95. The Kier molecular flexibility index (Phi) is 4.40. The van der Waals surface area contributed by atoms with Gasteiger partial charge in [0.15, 0.2) is 0 Å². The van der Waals surface area contributed by atoms with Crippen molar-refractivity contribution in [3.63, 3.8) is 0 Å². The van der Waals surface area contributed by atoms with Gasteiger partial charge in [-0.1, -0.05) is 5.67 Å². The SMILES string of the molecule is [SiH3]C[SiH2]Cl. The zero-order chi connectivity index (χ0) is 3.41. The predicted octanol–water partition coefficient (Wildman–Crippen LogP) is -0.950. The summed E-state index contributed by atoms with van der Waals surface area (Å²) in [6.07, 6.45) is 0. The third kappa shape index (κ3) is 2.72. The molecule has 0 spiro atoms. The summed E-state index contributed by atoms with van der Waals surface area (Å²) in [4.78, 5) is 0. The van der Waals surface area contributed by atoms with Crippen molar-refractivity contribution in [1.29, 1.82) is 0 Å². The van der Waals surface area contributed by atoms with Gasteiger partial charge in [-0.25, -0.2) is 0 Å². The minimum Gasteiger partial charge on any atom is -0.176 e. The first kappa shape index (κ1) is 4.72. The Bertz CT molecular complexity index is 8.00. The molecule has 26 valence electrons. The molecule has 0 aliphatic carbocycles. The molecule has 0 saturated heterocycles. The standard InChI is InChI=1S/CH7ClSi2/c2-4-1-3/h1,4H2,3H3. The molecule has 0 aromatic rings. The van der Waals surface area contributed by atoms with Gasteiger partial charge >= 0.3 is 0 Å². The first-order chi connectivity index (χ1) is 1.91. The summed E-state index contributed by atoms with van der Waals surface area (Å²) < 4.78 is 0. The Balaban J connectivity index is 1.97. The predicted molar refractivity (Wildman–Crippen MR) is 29.1 cm³/mol. The second-order valence-corrected chi connectivity index (χ2v) is 6.20. The topological polar surface area (TPSA) is 0 Å². The van der Waals surface area contributed by atoms with Crippen LogP contribution in [0.25, 0.3) is 0 Å². The first-order valence-electron chi connectivity index (χ1n) is 1.47. The van der Waals surface area contributed by atoms with E-state index in [4.69, 9.17) is 11.1 Å². The van der Waals surface area contributed by atoms with E-state index < -0.39 is 0 Å². The van der Waals surface area contributed by atoms with Gasteiger partial charge < -0.3 is 0 Å². The molecular formula is CH7ClSi2. The summed E-state index contributed by atoms with van der Waals surface area (Å²) in [5, 5.41) is 0. The average Bonchev–Trinajstić information content (AvgIpc) is 1.37. The van der Waals surface area contributed by atoms with Crippen molar-refractivity contribution >= 4 is 30.2 Å². The molecule has 0 radical (unpaired) electrons. The molecule has 0 unspecified atom stereocenters. The lowest BCUT2D eigenvalue weighted by molar-refractivity contribution is 2.12. The van der Waals surface area contributed by atoms with Gasteiger partial charge in [-0.05, 0) is 0 Å². The van der Waals surface area contributed by atoms with Crippen LogP contribution < -0.4 is 0 Å². The molecule has 0 fully saturated rings. The van der Waals surface area contributed by atoms with E-state index in [2.05, 4.69) is 0 Å². The Morgan fingerprint density at radius 1 is 2.00 bits per heavy atom. The van der Waals surface area contributed by atoms with Crippen molar-refractivity contribution in [2.24, 2.45) is 0 Å². The molecule has 0 aliphatic rings. The van der Waals surface area contributed by atoms with Gasteiger partial charge in [0, 0.05) is 10.2 Å². The molecule has 3 heteroatoms. The van der Waals surface area contributed by atoms with Crippen LogP contribution >= 0.6 is 11.1 Å². The van der Waals surface area contributed by atoms with Crippen molar-refractivity contribution in [3.05, 3.63) is 0 Å². The molecule has 0 aromatic heterocycles. The van der Waals surface area contributed by atoms with E-state index >= 15 is 0 Å². The maximum Gasteiger partial charge on any atom is 0.122 e. The van der Waals surface area contributed by atoms with Crippen molar-refractivity contribution in [1.82, 2.24) is 0 Å². The van der Waals surface area contributed by atoms with Gasteiger partial charge in [-0.2, -0.15) is 11.1 Å². The fourth-order valence-corrected chi connectivity index (χ4v) is 0. The zero-order valence-electron chi connectivity index (χ0n) is 2.79. The minimum absolute atomic E-state index is 0.0417. The van der Waals surface area contributed by atoms with E-state index in [0.29, 0.717) is 0 Å². The summed E-state index contributed by atoms with van der Waals surface area (Å²) in [7, 11) is 1.28. The average molecular weight is 111 g/mol. The van der Waals surface area contributed by atoms with Crippen LogP contribution in [0.15, 0.2) is 0 Å². The van der Waals surface area contributed by atoms with Crippen LogP contribution in [-0.2, 0) is 0 Å². The van der Waals surface area contributed by atoms with Gasteiger partial charge in [0.25, 0.3) is 0 Å². The Morgan fingerprint density at radius 2 is 2.25 bits per heavy atom. The van der Waals surface area contributed by atoms with E-state index in [1.165, 1.54) is 15.9 Å². The summed E-state index contributed by atoms with van der Waals surface area (Å²) in [5.41, 5.74) is 1.36. The molecule has 0 heterocycles. The quantitative estimate of drug-likeness (QED) is 0.302. The molecule has 0 saturated carbocycles. The third-order valence-electron chi connectivity index (χ3n) is 0.189. The van der Waals surface area contributed by atoms with Gasteiger partial charge in [-0.3, -0.25) is 0 Å². The fraction of sp³-hybridized carbons (Fsp3) is 1.00. The molecule has 0 bridgehead atoms. The van der Waals surface area contributed by atoms with Gasteiger partial charge in [0.2, 0.25) is 0 Å². The highest BCUT2D eigenvalue weighted by Crippen LogP contribution is 1.67. The Hall–Kier alpha value is 0.724. The van der Waals surface area contributed by atoms with Crippen LogP contribution in [0.1, 0.15) is 0 Å². The van der Waals surface area contributed by atoms with E-state index in [0.717, 1.165) is 0 Å². The fourth-order valence-electron chi connectivity index (χ4n) is 0. The Labute approximate surface area is 36.5 Å². The summed E-state index contributed by atoms with van der Waals surface area (Å²) in [6.45, 7) is 0. The van der Waals surface area contributed by atoms with Gasteiger partial charge in [0.1, 0.15) is 8.83 Å². The summed E-state index contributed by atoms with van der Waals surface area (Å²) in [5.74, 6) is 0. The van der Waals surface area contributed by atoms with Crippen LogP contribution in [0, 0.1) is 0 Å². The molecule has 0 nitrogen and oxygen atoms in total. The van der Waals surface area contributed by atoms with Crippen LogP contribution in [0.2, 0.25) is 5.67 Å². The highest BCUT2D eigenvalue weighted by atomic mass is 35.6.